The zero-order valence-electron chi connectivity index (χ0n) is 10.3. The fourth-order valence-electron chi connectivity index (χ4n) is 2.03. The zero-order chi connectivity index (χ0) is 13.3. The van der Waals surface area contributed by atoms with E-state index in [-0.39, 0.29) is 12.0 Å². The molecular formula is C13H15F2N3. The van der Waals surface area contributed by atoms with Crippen LogP contribution in [-0.2, 0) is 13.5 Å². The Balaban J connectivity index is 2.24. The van der Waals surface area contributed by atoms with E-state index in [2.05, 4.69) is 5.10 Å². The first kappa shape index (κ1) is 12.7. The van der Waals surface area contributed by atoms with E-state index in [4.69, 9.17) is 5.73 Å². The lowest BCUT2D eigenvalue weighted by molar-refractivity contribution is 0.491. The minimum absolute atomic E-state index is 0.239. The molecule has 1 heterocycles. The van der Waals surface area contributed by atoms with Crippen LogP contribution in [0, 0.1) is 18.6 Å². The van der Waals surface area contributed by atoms with Crippen molar-refractivity contribution < 1.29 is 8.78 Å². The summed E-state index contributed by atoms with van der Waals surface area (Å²) < 4.78 is 28.3. The van der Waals surface area contributed by atoms with Gasteiger partial charge in [0.25, 0.3) is 0 Å². The SMILES string of the molecule is Cc1cc(C(N)Cc2cccc(F)c2F)n(C)n1. The Bertz CT molecular complexity index is 563. The first-order valence-corrected chi connectivity index (χ1v) is 5.68. The van der Waals surface area contributed by atoms with Gasteiger partial charge < -0.3 is 5.73 Å². The fourth-order valence-corrected chi connectivity index (χ4v) is 2.03. The monoisotopic (exact) mass is 251 g/mol. The summed E-state index contributed by atoms with van der Waals surface area (Å²) in [7, 11) is 1.78. The molecule has 1 aromatic heterocycles. The Morgan fingerprint density at radius 2 is 2.11 bits per heavy atom. The summed E-state index contributed by atoms with van der Waals surface area (Å²) in [5, 5.41) is 4.18. The van der Waals surface area contributed by atoms with Crippen LogP contribution in [-0.4, -0.2) is 9.78 Å². The smallest absolute Gasteiger partial charge is 0.162 e. The Labute approximate surface area is 104 Å². The highest BCUT2D eigenvalue weighted by atomic mass is 19.2. The van der Waals surface area contributed by atoms with Crippen molar-refractivity contribution in [1.29, 1.82) is 0 Å². The maximum atomic E-state index is 13.5. The number of rotatable bonds is 3. The van der Waals surface area contributed by atoms with Crippen LogP contribution in [0.5, 0.6) is 0 Å². The van der Waals surface area contributed by atoms with Crippen molar-refractivity contribution in [3.8, 4) is 0 Å². The van der Waals surface area contributed by atoms with Gasteiger partial charge in [0.2, 0.25) is 0 Å². The van der Waals surface area contributed by atoms with E-state index >= 15 is 0 Å². The standard InChI is InChI=1S/C13H15F2N3/c1-8-6-12(18(2)17-8)11(16)7-9-4-3-5-10(14)13(9)15/h3-6,11H,7,16H2,1-2H3. The van der Waals surface area contributed by atoms with Gasteiger partial charge in [-0.25, -0.2) is 8.78 Å². The minimum atomic E-state index is -0.846. The van der Waals surface area contributed by atoms with Gasteiger partial charge in [0.1, 0.15) is 0 Å². The lowest BCUT2D eigenvalue weighted by Crippen LogP contribution is -2.18. The topological polar surface area (TPSA) is 43.8 Å². The van der Waals surface area contributed by atoms with Gasteiger partial charge in [-0.05, 0) is 31.0 Å². The summed E-state index contributed by atoms with van der Waals surface area (Å²) in [6.07, 6.45) is 0.239. The van der Waals surface area contributed by atoms with Gasteiger partial charge in [0.15, 0.2) is 11.6 Å². The summed E-state index contributed by atoms with van der Waals surface area (Å²) in [5.74, 6) is -1.67. The molecule has 2 rings (SSSR count). The van der Waals surface area contributed by atoms with Crippen LogP contribution in [0.1, 0.15) is 23.0 Å². The Hall–Kier alpha value is -1.75. The number of hydrogen-bond donors (Lipinski definition) is 1. The van der Waals surface area contributed by atoms with Gasteiger partial charge in [-0.1, -0.05) is 12.1 Å². The molecule has 5 heteroatoms. The predicted octanol–water partition coefficient (Wildman–Crippen LogP) is 2.25. The van der Waals surface area contributed by atoms with Gasteiger partial charge in [0, 0.05) is 7.05 Å². The number of benzene rings is 1. The molecule has 96 valence electrons. The fraction of sp³-hybridized carbons (Fsp3) is 0.308. The summed E-state index contributed by atoms with van der Waals surface area (Å²) in [5.41, 5.74) is 7.94. The molecule has 0 fully saturated rings. The second-order valence-corrected chi connectivity index (χ2v) is 4.36. The van der Waals surface area contributed by atoms with Gasteiger partial charge in [0.05, 0.1) is 17.4 Å². The second kappa shape index (κ2) is 4.86. The molecule has 0 aliphatic carbocycles. The highest BCUT2D eigenvalue weighted by Gasteiger charge is 2.16. The third-order valence-corrected chi connectivity index (χ3v) is 2.89. The van der Waals surface area contributed by atoms with Crippen molar-refractivity contribution in [1.82, 2.24) is 9.78 Å². The lowest BCUT2D eigenvalue weighted by atomic mass is 10.0. The molecule has 0 aliphatic heterocycles. The average molecular weight is 251 g/mol. The lowest BCUT2D eigenvalue weighted by Gasteiger charge is -2.12. The molecule has 18 heavy (non-hydrogen) atoms. The molecule has 0 saturated carbocycles. The van der Waals surface area contributed by atoms with Crippen molar-refractivity contribution in [3.63, 3.8) is 0 Å². The van der Waals surface area contributed by atoms with E-state index in [9.17, 15) is 8.78 Å². The summed E-state index contributed by atoms with van der Waals surface area (Å²) in [6.45, 7) is 1.86. The second-order valence-electron chi connectivity index (χ2n) is 4.36. The highest BCUT2D eigenvalue weighted by Crippen LogP contribution is 2.19. The van der Waals surface area contributed by atoms with E-state index in [0.29, 0.717) is 0 Å². The third kappa shape index (κ3) is 2.41. The van der Waals surface area contributed by atoms with Gasteiger partial charge in [-0.2, -0.15) is 5.10 Å². The Morgan fingerprint density at radius 3 is 2.72 bits per heavy atom. The van der Waals surface area contributed by atoms with E-state index < -0.39 is 17.7 Å². The molecule has 3 nitrogen and oxygen atoms in total. The molecule has 0 spiro atoms. The van der Waals surface area contributed by atoms with Crippen LogP contribution < -0.4 is 5.73 Å². The molecule has 1 aromatic carbocycles. The van der Waals surface area contributed by atoms with Crippen molar-refractivity contribution in [2.24, 2.45) is 12.8 Å². The van der Waals surface area contributed by atoms with Crippen molar-refractivity contribution in [2.45, 2.75) is 19.4 Å². The number of nitrogens with two attached hydrogens (primary N) is 1. The molecule has 1 unspecified atom stereocenters. The van der Waals surface area contributed by atoms with Crippen LogP contribution in [0.15, 0.2) is 24.3 Å². The molecule has 0 saturated heterocycles. The molecule has 2 aromatic rings. The number of halogens is 2. The molecule has 1 atom stereocenters. The molecule has 0 radical (unpaired) electrons. The van der Waals surface area contributed by atoms with Crippen molar-refractivity contribution in [3.05, 3.63) is 52.9 Å². The average Bonchev–Trinajstić information content (AvgIpc) is 2.64. The van der Waals surface area contributed by atoms with E-state index in [1.165, 1.54) is 6.07 Å². The van der Waals surface area contributed by atoms with Crippen LogP contribution in [0.2, 0.25) is 0 Å². The molecule has 0 aliphatic rings. The first-order chi connectivity index (χ1) is 8.49. The van der Waals surface area contributed by atoms with Crippen molar-refractivity contribution >= 4 is 0 Å². The number of aryl methyl sites for hydroxylation is 2. The maximum Gasteiger partial charge on any atom is 0.162 e. The molecule has 0 amide bonds. The van der Waals surface area contributed by atoms with Crippen LogP contribution in [0.3, 0.4) is 0 Å². The maximum absolute atomic E-state index is 13.5. The van der Waals surface area contributed by atoms with Gasteiger partial charge in [-0.15, -0.1) is 0 Å². The number of aromatic nitrogens is 2. The largest absolute Gasteiger partial charge is 0.322 e. The van der Waals surface area contributed by atoms with E-state index in [0.717, 1.165) is 17.5 Å². The minimum Gasteiger partial charge on any atom is -0.322 e. The summed E-state index contributed by atoms with van der Waals surface area (Å²) in [6, 6.07) is 5.56. The molecule has 2 N–H and O–H groups in total. The van der Waals surface area contributed by atoms with Crippen LogP contribution >= 0.6 is 0 Å². The number of nitrogens with zero attached hydrogens (tertiary/aromatic N) is 2. The van der Waals surface area contributed by atoms with Gasteiger partial charge in [-0.3, -0.25) is 4.68 Å². The first-order valence-electron chi connectivity index (χ1n) is 5.68. The summed E-state index contributed by atoms with van der Waals surface area (Å²) >= 11 is 0. The van der Waals surface area contributed by atoms with Crippen LogP contribution in [0.4, 0.5) is 8.78 Å². The third-order valence-electron chi connectivity index (χ3n) is 2.89. The van der Waals surface area contributed by atoms with E-state index in [1.807, 2.05) is 13.0 Å². The predicted molar refractivity (Wildman–Crippen MR) is 64.9 cm³/mol. The highest BCUT2D eigenvalue weighted by molar-refractivity contribution is 5.22. The molecule has 0 bridgehead atoms. The quantitative estimate of drug-likeness (QED) is 0.909. The van der Waals surface area contributed by atoms with Crippen molar-refractivity contribution in [2.75, 3.05) is 0 Å². The molecular weight excluding hydrogens is 236 g/mol. The Morgan fingerprint density at radius 1 is 1.39 bits per heavy atom. The van der Waals surface area contributed by atoms with Crippen LogP contribution in [0.25, 0.3) is 0 Å². The van der Waals surface area contributed by atoms with E-state index in [1.54, 1.807) is 17.8 Å². The zero-order valence-corrected chi connectivity index (χ0v) is 10.3. The van der Waals surface area contributed by atoms with Gasteiger partial charge >= 0.3 is 0 Å². The normalized spacial score (nSPS) is 12.7. The number of hydrogen-bond acceptors (Lipinski definition) is 2. The Kier molecular flexibility index (Phi) is 3.43. The summed E-state index contributed by atoms with van der Waals surface area (Å²) in [4.78, 5) is 0.